The Morgan fingerprint density at radius 1 is 1.20 bits per heavy atom. The van der Waals surface area contributed by atoms with Crippen molar-refractivity contribution in [2.75, 3.05) is 31.5 Å². The van der Waals surface area contributed by atoms with Crippen molar-refractivity contribution in [2.45, 2.75) is 36.9 Å². The number of urea groups is 1. The molecule has 0 radical (unpaired) electrons. The number of rotatable bonds is 5. The van der Waals surface area contributed by atoms with Crippen molar-refractivity contribution in [3.05, 3.63) is 60.1 Å². The minimum atomic E-state index is -4.64. The zero-order chi connectivity index (χ0) is 28.8. The molecule has 212 valence electrons. The molecular formula is C27H25F4N9O. The number of aromatic amines is 2. The lowest BCUT2D eigenvalue weighted by atomic mass is 9.71. The molecule has 4 aromatic heterocycles. The van der Waals surface area contributed by atoms with Gasteiger partial charge in [-0.3, -0.25) is 15.3 Å². The number of pyridine rings is 2. The van der Waals surface area contributed by atoms with Crippen LogP contribution in [0.2, 0.25) is 0 Å². The van der Waals surface area contributed by atoms with Crippen LogP contribution in [0.1, 0.15) is 30.5 Å². The van der Waals surface area contributed by atoms with Gasteiger partial charge in [0, 0.05) is 67.5 Å². The fraction of sp³-hybridized carbons (Fsp3) is 0.370. The number of amides is 2. The number of halogens is 4. The van der Waals surface area contributed by atoms with Gasteiger partial charge in [-0.2, -0.15) is 23.5 Å². The second kappa shape index (κ2) is 10.2. The van der Waals surface area contributed by atoms with E-state index in [1.54, 1.807) is 18.5 Å². The number of alkyl halides is 3. The van der Waals surface area contributed by atoms with Crippen LogP contribution in [0.5, 0.6) is 0 Å². The fourth-order valence-corrected chi connectivity index (χ4v) is 5.98. The second-order valence-corrected chi connectivity index (χ2v) is 10.4. The van der Waals surface area contributed by atoms with Crippen LogP contribution in [0.3, 0.4) is 0 Å². The lowest BCUT2D eigenvalue weighted by Crippen LogP contribution is -2.64. The van der Waals surface area contributed by atoms with Crippen molar-refractivity contribution in [1.29, 1.82) is 5.26 Å². The lowest BCUT2D eigenvalue weighted by Gasteiger charge is -2.53. The van der Waals surface area contributed by atoms with E-state index >= 15 is 4.39 Å². The predicted molar refractivity (Wildman–Crippen MR) is 140 cm³/mol. The van der Waals surface area contributed by atoms with Crippen molar-refractivity contribution < 1.29 is 22.4 Å². The Morgan fingerprint density at radius 3 is 2.71 bits per heavy atom. The molecule has 0 aliphatic carbocycles. The molecule has 0 aromatic carbocycles. The standard InChI is InChI=1S/C27H25F4N9O/c28-20-13-35-23-17(3-9-34-23)21(20)18-12-36-38-22(18)26(6-7-32)14-40(15-26)16-4-10-39(11-5-16)25(41)37-24-19(27(29,30)31)2-1-8-33-24/h1-3,8-9,12-13,16H,4-6,10-11,14-15H2,(H,34,35)(H,36,38)(H,33,37,41). The smallest absolute Gasteiger partial charge is 0.346 e. The zero-order valence-corrected chi connectivity index (χ0v) is 21.7. The molecule has 14 heteroatoms. The normalized spacial score (nSPS) is 17.8. The molecular weight excluding hydrogens is 542 g/mol. The van der Waals surface area contributed by atoms with Crippen molar-refractivity contribution in [3.63, 3.8) is 0 Å². The summed E-state index contributed by atoms with van der Waals surface area (Å²) in [6.07, 6.45) is 2.42. The largest absolute Gasteiger partial charge is 0.419 e. The van der Waals surface area contributed by atoms with Gasteiger partial charge in [0.25, 0.3) is 0 Å². The van der Waals surface area contributed by atoms with Gasteiger partial charge in [-0.25, -0.2) is 19.2 Å². The zero-order valence-electron chi connectivity index (χ0n) is 21.7. The van der Waals surface area contributed by atoms with E-state index in [1.807, 2.05) is 0 Å². The Kier molecular flexibility index (Phi) is 6.61. The van der Waals surface area contributed by atoms with E-state index < -0.39 is 34.8 Å². The number of piperidine rings is 1. The molecule has 2 aliphatic heterocycles. The van der Waals surface area contributed by atoms with Crippen molar-refractivity contribution in [2.24, 2.45) is 0 Å². The summed E-state index contributed by atoms with van der Waals surface area (Å²) in [7, 11) is 0. The van der Waals surface area contributed by atoms with E-state index in [-0.39, 0.29) is 12.5 Å². The number of carbonyl (C=O) groups is 1. The van der Waals surface area contributed by atoms with Gasteiger partial charge in [-0.05, 0) is 31.0 Å². The molecule has 0 spiro atoms. The highest BCUT2D eigenvalue weighted by Crippen LogP contribution is 2.44. The van der Waals surface area contributed by atoms with Gasteiger partial charge in [0.05, 0.1) is 35.1 Å². The molecule has 10 nitrogen and oxygen atoms in total. The van der Waals surface area contributed by atoms with Crippen LogP contribution in [0, 0.1) is 17.1 Å². The Bertz CT molecular complexity index is 1630. The molecule has 6 rings (SSSR count). The van der Waals surface area contributed by atoms with Gasteiger partial charge in [0.15, 0.2) is 0 Å². The van der Waals surface area contributed by atoms with Crippen LogP contribution < -0.4 is 5.32 Å². The number of likely N-dealkylation sites (tertiary alicyclic amines) is 2. The molecule has 2 fully saturated rings. The Morgan fingerprint density at radius 2 is 1.98 bits per heavy atom. The summed E-state index contributed by atoms with van der Waals surface area (Å²) < 4.78 is 54.9. The van der Waals surface area contributed by atoms with Gasteiger partial charge in [0.1, 0.15) is 17.3 Å². The molecule has 3 N–H and O–H groups in total. The molecule has 0 bridgehead atoms. The Hall–Kier alpha value is -4.51. The number of carbonyl (C=O) groups excluding carboxylic acids is 1. The molecule has 0 saturated carbocycles. The first-order valence-corrected chi connectivity index (χ1v) is 13.0. The minimum absolute atomic E-state index is 0.117. The second-order valence-electron chi connectivity index (χ2n) is 10.4. The topological polar surface area (TPSA) is 130 Å². The van der Waals surface area contributed by atoms with E-state index in [2.05, 4.69) is 41.4 Å². The predicted octanol–water partition coefficient (Wildman–Crippen LogP) is 4.67. The molecule has 2 aliphatic rings. The van der Waals surface area contributed by atoms with E-state index in [4.69, 9.17) is 0 Å². The highest BCUT2D eigenvalue weighted by molar-refractivity contribution is 5.94. The summed E-state index contributed by atoms with van der Waals surface area (Å²) >= 11 is 0. The summed E-state index contributed by atoms with van der Waals surface area (Å²) in [4.78, 5) is 27.2. The molecule has 6 heterocycles. The highest BCUT2D eigenvalue weighted by Gasteiger charge is 2.49. The number of nitriles is 1. The van der Waals surface area contributed by atoms with Gasteiger partial charge in [-0.1, -0.05) is 0 Å². The molecule has 0 unspecified atom stereocenters. The SMILES string of the molecule is N#CCC1(c2[nH]ncc2-c2c(F)cnc3[nH]ccc23)CN(C2CCN(C(=O)Nc3ncccc3C(F)(F)F)CC2)C1. The summed E-state index contributed by atoms with van der Waals surface area (Å²) in [5.74, 6) is -1.00. The molecule has 2 saturated heterocycles. The van der Waals surface area contributed by atoms with Crippen LogP contribution >= 0.6 is 0 Å². The van der Waals surface area contributed by atoms with Gasteiger partial charge in [-0.15, -0.1) is 0 Å². The molecule has 2 amide bonds. The highest BCUT2D eigenvalue weighted by atomic mass is 19.4. The molecule has 0 atom stereocenters. The van der Waals surface area contributed by atoms with Gasteiger partial charge >= 0.3 is 12.2 Å². The number of anilines is 1. The van der Waals surface area contributed by atoms with Crippen LogP contribution in [0.15, 0.2) is 43.0 Å². The van der Waals surface area contributed by atoms with E-state index in [9.17, 15) is 23.2 Å². The third kappa shape index (κ3) is 4.76. The molecule has 41 heavy (non-hydrogen) atoms. The van der Waals surface area contributed by atoms with Crippen LogP contribution in [0.25, 0.3) is 22.2 Å². The summed E-state index contributed by atoms with van der Waals surface area (Å²) in [5.41, 5.74) is 0.614. The van der Waals surface area contributed by atoms with E-state index in [0.29, 0.717) is 66.9 Å². The van der Waals surface area contributed by atoms with Crippen molar-refractivity contribution in [3.8, 4) is 17.2 Å². The third-order valence-corrected chi connectivity index (χ3v) is 8.01. The summed E-state index contributed by atoms with van der Waals surface area (Å²) in [6, 6.07) is 5.56. The number of hydrogen-bond donors (Lipinski definition) is 3. The van der Waals surface area contributed by atoms with Crippen molar-refractivity contribution >= 4 is 22.9 Å². The molecule has 4 aromatic rings. The maximum Gasteiger partial charge on any atom is 0.419 e. The summed E-state index contributed by atoms with van der Waals surface area (Å²) in [6.45, 7) is 1.79. The first-order valence-electron chi connectivity index (χ1n) is 13.0. The number of nitrogens with one attached hydrogen (secondary N) is 3. The maximum absolute atomic E-state index is 15.0. The van der Waals surface area contributed by atoms with Crippen molar-refractivity contribution in [1.82, 2.24) is 34.9 Å². The number of fused-ring (bicyclic) bond motifs is 1. The Labute approximate surface area is 231 Å². The monoisotopic (exact) mass is 567 g/mol. The average Bonchev–Trinajstić information content (AvgIpc) is 3.61. The van der Waals surface area contributed by atoms with Crippen LogP contribution in [-0.2, 0) is 11.6 Å². The first kappa shape index (κ1) is 26.7. The lowest BCUT2D eigenvalue weighted by molar-refractivity contribution is -0.137. The number of nitrogens with zero attached hydrogens (tertiary/aromatic N) is 6. The van der Waals surface area contributed by atoms with Gasteiger partial charge < -0.3 is 9.88 Å². The fourth-order valence-electron chi connectivity index (χ4n) is 5.98. The number of H-pyrrole nitrogens is 2. The average molecular weight is 568 g/mol. The first-order chi connectivity index (χ1) is 19.7. The number of hydrogen-bond acceptors (Lipinski definition) is 6. The third-order valence-electron chi connectivity index (χ3n) is 8.01. The quantitative estimate of drug-likeness (QED) is 0.301. The van der Waals surface area contributed by atoms with E-state index in [1.165, 1.54) is 17.2 Å². The minimum Gasteiger partial charge on any atom is -0.346 e. The van der Waals surface area contributed by atoms with Crippen LogP contribution in [-0.4, -0.2) is 73.2 Å². The van der Waals surface area contributed by atoms with E-state index in [0.717, 1.165) is 12.3 Å². The Balaban J connectivity index is 1.13. The van der Waals surface area contributed by atoms with Gasteiger partial charge in [0.2, 0.25) is 0 Å². The van der Waals surface area contributed by atoms with Crippen LogP contribution in [0.4, 0.5) is 28.2 Å². The summed E-state index contributed by atoms with van der Waals surface area (Å²) in [5, 5.41) is 19.8. The number of aromatic nitrogens is 5. The maximum atomic E-state index is 15.0.